The molecule has 3 rings (SSSR count). The van der Waals surface area contributed by atoms with Gasteiger partial charge in [0.1, 0.15) is 0 Å². The Morgan fingerprint density at radius 2 is 1.29 bits per heavy atom. The van der Waals surface area contributed by atoms with E-state index < -0.39 is 7.14 Å². The van der Waals surface area contributed by atoms with E-state index in [1.54, 1.807) is 37.2 Å². The van der Waals surface area contributed by atoms with Gasteiger partial charge in [-0.05, 0) is 35.9 Å². The SMILES string of the molecule is O=P(Cc1cccnc1)(c1cccnc1)c1cccnc1. The lowest BCUT2D eigenvalue weighted by molar-refractivity contribution is 0.586. The number of hydrogen-bond acceptors (Lipinski definition) is 4. The molecular weight excluding hydrogens is 281 g/mol. The van der Waals surface area contributed by atoms with E-state index >= 15 is 0 Å². The summed E-state index contributed by atoms with van der Waals surface area (Å²) in [6.45, 7) is 0. The molecule has 0 radical (unpaired) electrons. The Labute approximate surface area is 123 Å². The van der Waals surface area contributed by atoms with Crippen molar-refractivity contribution >= 4 is 17.8 Å². The molecule has 104 valence electrons. The molecule has 0 saturated heterocycles. The quantitative estimate of drug-likeness (QED) is 0.693. The third-order valence-electron chi connectivity index (χ3n) is 3.25. The normalized spacial score (nSPS) is 11.2. The Kier molecular flexibility index (Phi) is 3.89. The van der Waals surface area contributed by atoms with E-state index in [4.69, 9.17) is 0 Å². The minimum absolute atomic E-state index is 0.415. The van der Waals surface area contributed by atoms with E-state index in [-0.39, 0.29) is 0 Å². The predicted molar refractivity (Wildman–Crippen MR) is 83.3 cm³/mol. The molecule has 0 amide bonds. The van der Waals surface area contributed by atoms with Crippen molar-refractivity contribution in [1.82, 2.24) is 15.0 Å². The summed E-state index contributed by atoms with van der Waals surface area (Å²) in [7, 11) is -2.81. The molecule has 0 saturated carbocycles. The first-order valence-corrected chi connectivity index (χ1v) is 8.47. The number of nitrogens with zero attached hydrogens (tertiary/aromatic N) is 3. The highest BCUT2D eigenvalue weighted by Gasteiger charge is 2.28. The second-order valence-electron chi connectivity index (χ2n) is 4.68. The molecule has 0 atom stereocenters. The van der Waals surface area contributed by atoms with Crippen LogP contribution in [0.5, 0.6) is 0 Å². The fraction of sp³-hybridized carbons (Fsp3) is 0.0625. The van der Waals surface area contributed by atoms with Crippen LogP contribution in [0, 0.1) is 0 Å². The third kappa shape index (κ3) is 2.91. The van der Waals surface area contributed by atoms with Gasteiger partial charge in [-0.25, -0.2) is 0 Å². The maximum atomic E-state index is 13.7. The summed E-state index contributed by atoms with van der Waals surface area (Å²) in [5.41, 5.74) is 0.938. The monoisotopic (exact) mass is 295 g/mol. The highest BCUT2D eigenvalue weighted by Crippen LogP contribution is 2.46. The second kappa shape index (κ2) is 5.98. The largest absolute Gasteiger partial charge is 0.313 e. The third-order valence-corrected chi connectivity index (χ3v) is 6.26. The zero-order chi connectivity index (χ0) is 14.5. The lowest BCUT2D eigenvalue weighted by Gasteiger charge is -2.18. The molecule has 0 bridgehead atoms. The summed E-state index contributed by atoms with van der Waals surface area (Å²) < 4.78 is 13.7. The minimum Gasteiger partial charge on any atom is -0.313 e. The van der Waals surface area contributed by atoms with Crippen LogP contribution in [0.3, 0.4) is 0 Å². The van der Waals surface area contributed by atoms with Gasteiger partial charge >= 0.3 is 0 Å². The van der Waals surface area contributed by atoms with Crippen LogP contribution in [0.25, 0.3) is 0 Å². The Hall–Kier alpha value is -2.32. The molecule has 0 unspecified atom stereocenters. The van der Waals surface area contributed by atoms with Crippen LogP contribution in [-0.4, -0.2) is 15.0 Å². The topological polar surface area (TPSA) is 55.7 Å². The molecule has 5 heteroatoms. The van der Waals surface area contributed by atoms with Crippen molar-refractivity contribution < 1.29 is 4.57 Å². The summed E-state index contributed by atoms with van der Waals surface area (Å²) in [5, 5.41) is 1.48. The average Bonchev–Trinajstić information content (AvgIpc) is 2.57. The molecule has 0 aliphatic rings. The van der Waals surface area contributed by atoms with Crippen LogP contribution in [0.15, 0.2) is 73.6 Å². The van der Waals surface area contributed by atoms with Gasteiger partial charge in [0.25, 0.3) is 0 Å². The Morgan fingerprint density at radius 1 is 0.762 bits per heavy atom. The van der Waals surface area contributed by atoms with E-state index in [1.807, 2.05) is 36.4 Å². The van der Waals surface area contributed by atoms with Crippen LogP contribution >= 0.6 is 7.14 Å². The van der Waals surface area contributed by atoms with Crippen LogP contribution in [0.4, 0.5) is 0 Å². The minimum atomic E-state index is -2.81. The number of pyridine rings is 3. The highest BCUT2D eigenvalue weighted by molar-refractivity contribution is 7.78. The van der Waals surface area contributed by atoms with E-state index in [1.165, 1.54) is 0 Å². The van der Waals surface area contributed by atoms with Crippen molar-refractivity contribution in [3.63, 3.8) is 0 Å². The van der Waals surface area contributed by atoms with Crippen molar-refractivity contribution in [2.45, 2.75) is 6.16 Å². The van der Waals surface area contributed by atoms with Gasteiger partial charge in [-0.15, -0.1) is 0 Å². The molecule has 0 aliphatic heterocycles. The zero-order valence-electron chi connectivity index (χ0n) is 11.3. The molecule has 0 fully saturated rings. The van der Waals surface area contributed by atoms with Gasteiger partial charge in [0.15, 0.2) is 7.14 Å². The smallest absolute Gasteiger partial charge is 0.150 e. The zero-order valence-corrected chi connectivity index (χ0v) is 12.2. The van der Waals surface area contributed by atoms with E-state index in [2.05, 4.69) is 15.0 Å². The summed E-state index contributed by atoms with van der Waals surface area (Å²) >= 11 is 0. The first-order chi connectivity index (χ1) is 10.3. The van der Waals surface area contributed by atoms with E-state index in [9.17, 15) is 4.57 Å². The van der Waals surface area contributed by atoms with Crippen molar-refractivity contribution in [2.75, 3.05) is 0 Å². The fourth-order valence-corrected chi connectivity index (χ4v) is 4.74. The van der Waals surface area contributed by atoms with Crippen molar-refractivity contribution in [3.05, 3.63) is 79.1 Å². The van der Waals surface area contributed by atoms with Gasteiger partial charge in [-0.2, -0.15) is 0 Å². The van der Waals surface area contributed by atoms with Crippen molar-refractivity contribution in [1.29, 1.82) is 0 Å². The van der Waals surface area contributed by atoms with E-state index in [0.717, 1.165) is 16.2 Å². The first-order valence-electron chi connectivity index (χ1n) is 6.58. The molecule has 3 heterocycles. The molecule has 0 aliphatic carbocycles. The van der Waals surface area contributed by atoms with Crippen LogP contribution < -0.4 is 10.6 Å². The fourth-order valence-electron chi connectivity index (χ4n) is 2.22. The second-order valence-corrected chi connectivity index (χ2v) is 7.51. The van der Waals surface area contributed by atoms with E-state index in [0.29, 0.717) is 6.16 Å². The lowest BCUT2D eigenvalue weighted by Crippen LogP contribution is -2.18. The van der Waals surface area contributed by atoms with Gasteiger partial charge in [-0.3, -0.25) is 15.0 Å². The highest BCUT2D eigenvalue weighted by atomic mass is 31.2. The Morgan fingerprint density at radius 3 is 1.71 bits per heavy atom. The van der Waals surface area contributed by atoms with Crippen molar-refractivity contribution in [2.24, 2.45) is 0 Å². The molecule has 3 aromatic heterocycles. The standard InChI is InChI=1S/C16H14N3OP/c20-21(15-5-2-8-18-11-15,16-6-3-9-19-12-16)13-14-4-1-7-17-10-14/h1-12H,13H2. The summed E-state index contributed by atoms with van der Waals surface area (Å²) in [5.74, 6) is 0. The molecule has 21 heavy (non-hydrogen) atoms. The maximum Gasteiger partial charge on any atom is 0.150 e. The maximum absolute atomic E-state index is 13.7. The Balaban J connectivity index is 2.10. The van der Waals surface area contributed by atoms with Crippen LogP contribution in [-0.2, 0) is 10.7 Å². The lowest BCUT2D eigenvalue weighted by atomic mass is 10.3. The van der Waals surface area contributed by atoms with Gasteiger partial charge < -0.3 is 4.57 Å². The first kappa shape index (κ1) is 13.7. The summed E-state index contributed by atoms with van der Waals surface area (Å²) in [4.78, 5) is 12.3. The molecule has 0 spiro atoms. The van der Waals surface area contributed by atoms with Crippen LogP contribution in [0.1, 0.15) is 5.56 Å². The van der Waals surface area contributed by atoms with Crippen LogP contribution in [0.2, 0.25) is 0 Å². The summed E-state index contributed by atoms with van der Waals surface area (Å²) in [6.07, 6.45) is 10.6. The van der Waals surface area contributed by atoms with Gasteiger partial charge in [0.2, 0.25) is 0 Å². The summed E-state index contributed by atoms with van der Waals surface area (Å²) in [6, 6.07) is 11.1. The number of hydrogen-bond donors (Lipinski definition) is 0. The van der Waals surface area contributed by atoms with Gasteiger partial charge in [-0.1, -0.05) is 6.07 Å². The van der Waals surface area contributed by atoms with Crippen molar-refractivity contribution in [3.8, 4) is 0 Å². The predicted octanol–water partition coefficient (Wildman–Crippen LogP) is 2.39. The Bertz CT molecular complexity index is 705. The number of aromatic nitrogens is 3. The molecule has 0 aromatic carbocycles. The molecular formula is C16H14N3OP. The molecule has 4 nitrogen and oxygen atoms in total. The molecule has 0 N–H and O–H groups in total. The van der Waals surface area contributed by atoms with Gasteiger partial charge in [0, 0.05) is 54.0 Å². The average molecular weight is 295 g/mol. The number of rotatable bonds is 4. The molecule has 3 aromatic rings. The van der Waals surface area contributed by atoms with Gasteiger partial charge in [0.05, 0.1) is 0 Å².